The molecule has 2 rings (SSSR count). The summed E-state index contributed by atoms with van der Waals surface area (Å²) < 4.78 is 0. The van der Waals surface area contributed by atoms with E-state index < -0.39 is 0 Å². The molecule has 0 saturated carbocycles. The van der Waals surface area contributed by atoms with Crippen molar-refractivity contribution in [2.75, 3.05) is 18.8 Å². The number of thioether (sulfide) groups is 1. The normalized spacial score (nSPS) is 16.8. The molecule has 106 valence electrons. The van der Waals surface area contributed by atoms with Crippen LogP contribution < -0.4 is 0 Å². The zero-order valence-electron chi connectivity index (χ0n) is 11.7. The maximum Gasteiger partial charge on any atom is 0.230 e. The Balaban J connectivity index is 2.12. The van der Waals surface area contributed by atoms with E-state index in [0.717, 1.165) is 31.5 Å². The second-order valence-corrected chi connectivity index (χ2v) is 6.04. The highest BCUT2D eigenvalue weighted by Gasteiger charge is 2.27. The number of rotatable bonds is 4. The van der Waals surface area contributed by atoms with Crippen molar-refractivity contribution in [3.8, 4) is 0 Å². The summed E-state index contributed by atoms with van der Waals surface area (Å²) in [5, 5.41) is 0.0547. The molecule has 1 aliphatic rings. The Hall–Kier alpha value is -1.29. The monoisotopic (exact) mass is 289 g/mol. The zero-order valence-corrected chi connectivity index (χ0v) is 12.5. The average Bonchev–Trinajstić information content (AvgIpc) is 2.49. The predicted molar refractivity (Wildman–Crippen MR) is 81.4 cm³/mol. The molecule has 0 spiro atoms. The van der Waals surface area contributed by atoms with Crippen molar-refractivity contribution in [2.45, 2.75) is 25.7 Å². The SMILES string of the molecule is CC(=O)SCC(C(=O)N1CC[C]CC1)c1ccccc1. The minimum Gasteiger partial charge on any atom is -0.342 e. The van der Waals surface area contributed by atoms with E-state index in [9.17, 15) is 9.59 Å². The Morgan fingerprint density at radius 3 is 2.50 bits per heavy atom. The molecule has 0 aliphatic carbocycles. The van der Waals surface area contributed by atoms with Gasteiger partial charge in [0.15, 0.2) is 5.12 Å². The molecular formula is C16H19NO2S. The van der Waals surface area contributed by atoms with Gasteiger partial charge in [0.05, 0.1) is 5.92 Å². The standard InChI is InChI=1S/C16H19NO2S/c1-13(18)20-12-15(14-8-4-2-5-9-14)16(19)17-10-6-3-7-11-17/h2,4-5,8-9,15H,6-7,10-12H2,1H3. The first-order valence-corrected chi connectivity index (χ1v) is 7.85. The molecule has 0 bridgehead atoms. The smallest absolute Gasteiger partial charge is 0.230 e. The number of nitrogens with zero attached hydrogens (tertiary/aromatic N) is 1. The van der Waals surface area contributed by atoms with Crippen LogP contribution in [0.25, 0.3) is 0 Å². The molecule has 1 aromatic carbocycles. The second kappa shape index (κ2) is 7.48. The lowest BCUT2D eigenvalue weighted by Gasteiger charge is -2.30. The molecule has 0 aromatic heterocycles. The lowest BCUT2D eigenvalue weighted by atomic mass is 9.98. The number of benzene rings is 1. The van der Waals surface area contributed by atoms with Gasteiger partial charge < -0.3 is 4.90 Å². The van der Waals surface area contributed by atoms with Crippen LogP contribution in [0.3, 0.4) is 0 Å². The molecule has 4 heteroatoms. The summed E-state index contributed by atoms with van der Waals surface area (Å²) in [7, 11) is 0. The second-order valence-electron chi connectivity index (χ2n) is 4.84. The Morgan fingerprint density at radius 1 is 1.25 bits per heavy atom. The summed E-state index contributed by atoms with van der Waals surface area (Å²) in [5.41, 5.74) is 0.991. The first kappa shape index (κ1) is 15.1. The van der Waals surface area contributed by atoms with Gasteiger partial charge in [-0.2, -0.15) is 0 Å². The molecule has 2 radical (unpaired) electrons. The van der Waals surface area contributed by atoms with E-state index in [1.54, 1.807) is 6.92 Å². The molecule has 1 aromatic rings. The van der Waals surface area contributed by atoms with E-state index in [0.29, 0.717) is 5.75 Å². The molecule has 3 nitrogen and oxygen atoms in total. The third-order valence-corrected chi connectivity index (χ3v) is 4.29. The van der Waals surface area contributed by atoms with Crippen LogP contribution in [0.2, 0.25) is 0 Å². The number of carbonyl (C=O) groups excluding carboxylic acids is 2. The zero-order chi connectivity index (χ0) is 14.4. The van der Waals surface area contributed by atoms with E-state index in [-0.39, 0.29) is 16.9 Å². The van der Waals surface area contributed by atoms with Crippen molar-refractivity contribution < 1.29 is 9.59 Å². The summed E-state index contributed by atoms with van der Waals surface area (Å²) in [5.74, 6) is 0.414. The Bertz CT molecular complexity index is 455. The number of amides is 1. The van der Waals surface area contributed by atoms with Gasteiger partial charge in [0.25, 0.3) is 0 Å². The van der Waals surface area contributed by atoms with Crippen LogP contribution in [0.15, 0.2) is 30.3 Å². The van der Waals surface area contributed by atoms with Crippen LogP contribution in [0.1, 0.15) is 31.2 Å². The fraction of sp³-hybridized carbons (Fsp3) is 0.438. The van der Waals surface area contributed by atoms with Crippen LogP contribution in [0.4, 0.5) is 0 Å². The van der Waals surface area contributed by atoms with Gasteiger partial charge in [-0.3, -0.25) is 9.59 Å². The lowest BCUT2D eigenvalue weighted by Crippen LogP contribution is -2.39. The minimum atomic E-state index is -0.233. The lowest BCUT2D eigenvalue weighted by molar-refractivity contribution is -0.132. The van der Waals surface area contributed by atoms with Crippen molar-refractivity contribution in [2.24, 2.45) is 0 Å². The summed E-state index contributed by atoms with van der Waals surface area (Å²) in [4.78, 5) is 25.8. The molecular weight excluding hydrogens is 270 g/mol. The predicted octanol–water partition coefficient (Wildman–Crippen LogP) is 2.75. The molecule has 20 heavy (non-hydrogen) atoms. The molecule has 1 aliphatic heterocycles. The van der Waals surface area contributed by atoms with Gasteiger partial charge >= 0.3 is 0 Å². The van der Waals surface area contributed by atoms with E-state index in [4.69, 9.17) is 0 Å². The van der Waals surface area contributed by atoms with Gasteiger partial charge in [0, 0.05) is 25.8 Å². The van der Waals surface area contributed by atoms with Crippen LogP contribution in [0, 0.1) is 6.42 Å². The largest absolute Gasteiger partial charge is 0.342 e. The van der Waals surface area contributed by atoms with Crippen LogP contribution in [0.5, 0.6) is 0 Å². The van der Waals surface area contributed by atoms with E-state index >= 15 is 0 Å². The van der Waals surface area contributed by atoms with Gasteiger partial charge in [0.1, 0.15) is 0 Å². The van der Waals surface area contributed by atoms with E-state index in [1.165, 1.54) is 11.8 Å². The molecule has 1 atom stereocenters. The van der Waals surface area contributed by atoms with Crippen molar-refractivity contribution in [3.05, 3.63) is 42.3 Å². The summed E-state index contributed by atoms with van der Waals surface area (Å²) in [6.45, 7) is 3.03. The molecule has 1 heterocycles. The molecule has 0 N–H and O–H groups in total. The van der Waals surface area contributed by atoms with Gasteiger partial charge in [-0.05, 0) is 24.8 Å². The van der Waals surface area contributed by atoms with E-state index in [2.05, 4.69) is 6.42 Å². The molecule has 1 saturated heterocycles. The van der Waals surface area contributed by atoms with Crippen LogP contribution >= 0.6 is 11.8 Å². The fourth-order valence-corrected chi connectivity index (χ4v) is 3.04. The van der Waals surface area contributed by atoms with Gasteiger partial charge in [-0.15, -0.1) is 0 Å². The number of carbonyl (C=O) groups is 2. The minimum absolute atomic E-state index is 0.0547. The summed E-state index contributed by atoms with van der Waals surface area (Å²) >= 11 is 1.22. The van der Waals surface area contributed by atoms with Crippen LogP contribution in [-0.2, 0) is 9.59 Å². The number of likely N-dealkylation sites (tertiary alicyclic amines) is 1. The Kier molecular flexibility index (Phi) is 5.65. The Morgan fingerprint density at radius 2 is 1.90 bits per heavy atom. The maximum atomic E-state index is 12.7. The maximum absolute atomic E-state index is 12.7. The summed E-state index contributed by atoms with van der Waals surface area (Å²) in [6, 6.07) is 9.74. The first-order chi connectivity index (χ1) is 9.68. The van der Waals surface area contributed by atoms with Gasteiger partial charge in [-0.25, -0.2) is 0 Å². The van der Waals surface area contributed by atoms with Gasteiger partial charge in [-0.1, -0.05) is 42.1 Å². The van der Waals surface area contributed by atoms with Crippen molar-refractivity contribution in [1.29, 1.82) is 0 Å². The third kappa shape index (κ3) is 4.10. The highest BCUT2D eigenvalue weighted by atomic mass is 32.2. The molecule has 1 fully saturated rings. The highest BCUT2D eigenvalue weighted by Crippen LogP contribution is 2.25. The summed E-state index contributed by atoms with van der Waals surface area (Å²) in [6.07, 6.45) is 4.93. The van der Waals surface area contributed by atoms with Crippen LogP contribution in [-0.4, -0.2) is 34.8 Å². The van der Waals surface area contributed by atoms with E-state index in [1.807, 2.05) is 35.2 Å². The highest BCUT2D eigenvalue weighted by molar-refractivity contribution is 8.13. The quantitative estimate of drug-likeness (QED) is 0.855. The van der Waals surface area contributed by atoms with Gasteiger partial charge in [0.2, 0.25) is 5.91 Å². The molecule has 1 unspecified atom stereocenters. The number of hydrogen-bond acceptors (Lipinski definition) is 3. The topological polar surface area (TPSA) is 37.4 Å². The first-order valence-electron chi connectivity index (χ1n) is 6.86. The number of piperidine rings is 1. The molecule has 1 amide bonds. The third-order valence-electron chi connectivity index (χ3n) is 3.38. The van der Waals surface area contributed by atoms with Crippen molar-refractivity contribution in [3.63, 3.8) is 0 Å². The van der Waals surface area contributed by atoms with Crippen molar-refractivity contribution >= 4 is 22.8 Å². The Labute approximate surface area is 124 Å². The average molecular weight is 289 g/mol. The number of hydrogen-bond donors (Lipinski definition) is 0. The van der Waals surface area contributed by atoms with Crippen molar-refractivity contribution in [1.82, 2.24) is 4.90 Å². The fourth-order valence-electron chi connectivity index (χ4n) is 2.30.